The van der Waals surface area contributed by atoms with E-state index in [4.69, 9.17) is 31.7 Å². The second kappa shape index (κ2) is 13.9. The number of halogens is 2. The summed E-state index contributed by atoms with van der Waals surface area (Å²) in [4.78, 5) is 0. The third-order valence-corrected chi connectivity index (χ3v) is 14.8. The van der Waals surface area contributed by atoms with Crippen molar-refractivity contribution in [3.8, 4) is 33.4 Å². The van der Waals surface area contributed by atoms with Crippen LogP contribution in [0.4, 0.5) is 0 Å². The molecule has 258 valence electrons. The molecule has 4 nitrogen and oxygen atoms in total. The summed E-state index contributed by atoms with van der Waals surface area (Å²) >= 11 is 17.8. The van der Waals surface area contributed by atoms with Gasteiger partial charge in [0.05, 0.1) is 0 Å². The number of rotatable bonds is 14. The van der Waals surface area contributed by atoms with Gasteiger partial charge < -0.3 is 0 Å². The van der Waals surface area contributed by atoms with E-state index in [1.54, 1.807) is 0 Å². The Labute approximate surface area is 320 Å². The summed E-state index contributed by atoms with van der Waals surface area (Å²) in [7, 11) is 0. The van der Waals surface area contributed by atoms with E-state index in [0.717, 1.165) is 34.9 Å². The second-order valence-corrected chi connectivity index (χ2v) is 17.4. The van der Waals surface area contributed by atoms with Gasteiger partial charge in [0.25, 0.3) is 23.5 Å². The molecule has 0 spiro atoms. The first-order chi connectivity index (χ1) is 25.1. The van der Waals surface area contributed by atoms with Crippen LogP contribution in [0, 0.1) is 0 Å². The minimum Gasteiger partial charge on any atom is -0.210 e. The summed E-state index contributed by atoms with van der Waals surface area (Å²) in [5, 5.41) is 0. The van der Waals surface area contributed by atoms with Crippen LogP contribution >= 0.6 is 46.4 Å². The molecule has 0 fully saturated rings. The van der Waals surface area contributed by atoms with E-state index >= 15 is 0 Å². The van der Waals surface area contributed by atoms with E-state index in [2.05, 4.69) is 82.2 Å². The standard InChI is InChI=1S/C41H44B2Cl2N4S2/c1-3-5-7-9-11-13-21-41(22-14-12-10-8-6-4-2)33-23-31-27-17-15-19-37-39(27)48(50-46-37)42(44)35(31)25-29(33)30-26-36-32(24-34(30)41)28-18-16-20-38-40(28)49(43(36)45)51-47-38/h15-20,23-26H,3-14,21-22H2,1-2H3/q+2. The smallest absolute Gasteiger partial charge is 0.210 e. The van der Waals surface area contributed by atoms with Gasteiger partial charge in [0, 0.05) is 25.3 Å². The molecule has 0 N–H and O–H groups in total. The van der Waals surface area contributed by atoms with Crippen LogP contribution in [0.5, 0.6) is 0 Å². The van der Waals surface area contributed by atoms with Crippen molar-refractivity contribution in [1.82, 2.24) is 8.75 Å². The van der Waals surface area contributed by atoms with Crippen molar-refractivity contribution in [2.24, 2.45) is 0 Å². The quantitative estimate of drug-likeness (QED) is 0.0821. The van der Waals surface area contributed by atoms with E-state index in [1.807, 2.05) is 0 Å². The van der Waals surface area contributed by atoms with Crippen molar-refractivity contribution in [3.63, 3.8) is 0 Å². The minimum absolute atomic E-state index is 0.0731. The van der Waals surface area contributed by atoms with Gasteiger partial charge in [-0.1, -0.05) is 115 Å². The van der Waals surface area contributed by atoms with Gasteiger partial charge in [-0.05, 0) is 93.5 Å². The molecule has 0 saturated carbocycles. The lowest BCUT2D eigenvalue weighted by Gasteiger charge is -2.34. The minimum atomic E-state index is -0.294. The molecular weight excluding hydrogens is 705 g/mol. The van der Waals surface area contributed by atoms with Gasteiger partial charge >= 0.3 is 12.5 Å². The Kier molecular flexibility index (Phi) is 9.27. The molecule has 0 bridgehead atoms. The highest BCUT2D eigenvalue weighted by molar-refractivity contribution is 7.15. The largest absolute Gasteiger partial charge is 0.531 e. The van der Waals surface area contributed by atoms with Crippen molar-refractivity contribution < 1.29 is 7.74 Å². The molecule has 0 saturated heterocycles. The maximum atomic E-state index is 7.40. The number of hydrogen-bond donors (Lipinski definition) is 0. The topological polar surface area (TPSA) is 33.5 Å². The van der Waals surface area contributed by atoms with Gasteiger partial charge in [-0.15, -0.1) is 22.9 Å². The highest BCUT2D eigenvalue weighted by atomic mass is 35.5. The molecule has 9 rings (SSSR count). The molecule has 2 aliphatic heterocycles. The summed E-state index contributed by atoms with van der Waals surface area (Å²) < 4.78 is 14.0. The van der Waals surface area contributed by atoms with Crippen molar-refractivity contribution in [3.05, 3.63) is 71.8 Å². The Balaban J connectivity index is 1.24. The zero-order valence-electron chi connectivity index (χ0n) is 29.7. The summed E-state index contributed by atoms with van der Waals surface area (Å²) in [5.41, 5.74) is 17.4. The van der Waals surface area contributed by atoms with Crippen molar-refractivity contribution in [2.45, 2.75) is 109 Å². The van der Waals surface area contributed by atoms with E-state index in [9.17, 15) is 0 Å². The summed E-state index contributed by atoms with van der Waals surface area (Å²) in [5.74, 6) is 0. The van der Waals surface area contributed by atoms with Gasteiger partial charge in [0.1, 0.15) is 0 Å². The second-order valence-electron chi connectivity index (χ2n) is 15.1. The average molecular weight is 749 g/mol. The lowest BCUT2D eigenvalue weighted by Crippen LogP contribution is -2.55. The molecule has 0 atom stereocenters. The van der Waals surface area contributed by atoms with E-state index in [0.29, 0.717) is 0 Å². The van der Waals surface area contributed by atoms with Crippen LogP contribution in [0.25, 0.3) is 55.4 Å². The van der Waals surface area contributed by atoms with Crippen LogP contribution < -0.4 is 18.7 Å². The van der Waals surface area contributed by atoms with Gasteiger partial charge in [0.15, 0.2) is 11.0 Å². The van der Waals surface area contributed by atoms with Crippen molar-refractivity contribution >= 4 is 91.9 Å². The molecule has 1 aliphatic carbocycles. The molecule has 0 unspecified atom stereocenters. The normalized spacial score (nSPS) is 14.7. The molecule has 0 radical (unpaired) electrons. The van der Waals surface area contributed by atoms with E-state index < -0.39 is 0 Å². The predicted octanol–water partition coefficient (Wildman–Crippen LogP) is 10.2. The van der Waals surface area contributed by atoms with Gasteiger partial charge in [-0.25, -0.2) is 7.74 Å². The average Bonchev–Trinajstić information content (AvgIpc) is 3.86. The highest BCUT2D eigenvalue weighted by Gasteiger charge is 2.48. The maximum Gasteiger partial charge on any atom is 0.531 e. The zero-order chi connectivity index (χ0) is 34.7. The molecule has 3 aliphatic rings. The Morgan fingerprint density at radius 3 is 1.43 bits per heavy atom. The number of nitrogens with zero attached hydrogens (tertiary/aromatic N) is 4. The van der Waals surface area contributed by atoms with E-state index in [-0.39, 0.29) is 17.9 Å². The Bertz CT molecular complexity index is 2120. The number of para-hydroxylation sites is 2. The molecule has 2 aromatic heterocycles. The first-order valence-electron chi connectivity index (χ1n) is 19.3. The Morgan fingerprint density at radius 2 is 0.980 bits per heavy atom. The lowest BCUT2D eigenvalue weighted by atomic mass is 9.66. The fourth-order valence-corrected chi connectivity index (χ4v) is 11.8. The third kappa shape index (κ3) is 5.44. The molecule has 4 aromatic carbocycles. The molecule has 0 amide bonds. The van der Waals surface area contributed by atoms with Crippen LogP contribution in [0.1, 0.15) is 115 Å². The number of unbranched alkanes of at least 4 members (excludes halogenated alkanes) is 10. The molecule has 4 heterocycles. The zero-order valence-corrected chi connectivity index (χ0v) is 32.8. The fraction of sp³-hybridized carbons (Fsp3) is 0.415. The van der Waals surface area contributed by atoms with Crippen molar-refractivity contribution in [1.29, 1.82) is 0 Å². The molecular formula is C41H44B2Cl2N4S2+2. The van der Waals surface area contributed by atoms with E-state index in [1.165, 1.54) is 156 Å². The van der Waals surface area contributed by atoms with Crippen LogP contribution in [0.2, 0.25) is 0 Å². The summed E-state index contributed by atoms with van der Waals surface area (Å²) in [6, 6.07) is 23.1. The number of aromatic nitrogens is 4. The first-order valence-corrected chi connectivity index (χ1v) is 21.7. The maximum absolute atomic E-state index is 7.40. The first kappa shape index (κ1) is 34.0. The monoisotopic (exact) mass is 748 g/mol. The van der Waals surface area contributed by atoms with Gasteiger partial charge in [-0.2, -0.15) is 0 Å². The molecule has 10 heteroatoms. The SMILES string of the molecule is CCCCCCCCC1(CCCCCCCC)c2cc3c(cc2-c2cc4c(cc21)-c1cccc2ns[n+](c12)B4Cl)B(Cl)[n+]1snc2cccc-3c21. The summed E-state index contributed by atoms with van der Waals surface area (Å²) in [6.07, 6.45) is 17.3. The fourth-order valence-electron chi connectivity index (χ4n) is 9.48. The number of benzene rings is 4. The highest BCUT2D eigenvalue weighted by Crippen LogP contribution is 2.56. The third-order valence-electron chi connectivity index (χ3n) is 12.0. The Hall–Kier alpha value is -2.77. The van der Waals surface area contributed by atoms with Gasteiger partial charge in [-0.3, -0.25) is 0 Å². The van der Waals surface area contributed by atoms with Gasteiger partial charge in [0.2, 0.25) is 11.0 Å². The Morgan fingerprint density at radius 1 is 0.549 bits per heavy atom. The van der Waals surface area contributed by atoms with Crippen LogP contribution in [0.3, 0.4) is 0 Å². The predicted molar refractivity (Wildman–Crippen MR) is 220 cm³/mol. The molecule has 51 heavy (non-hydrogen) atoms. The van der Waals surface area contributed by atoms with Crippen LogP contribution in [0.15, 0.2) is 60.7 Å². The van der Waals surface area contributed by atoms with Crippen molar-refractivity contribution in [2.75, 3.05) is 0 Å². The lowest BCUT2D eigenvalue weighted by molar-refractivity contribution is -0.420. The summed E-state index contributed by atoms with van der Waals surface area (Å²) in [6.45, 7) is 4.62. The van der Waals surface area contributed by atoms with Crippen LogP contribution in [-0.2, 0) is 5.41 Å². The molecule has 6 aromatic rings. The van der Waals surface area contributed by atoms with Crippen LogP contribution in [-0.4, -0.2) is 21.3 Å². The number of fused-ring (bicyclic) bond motifs is 7. The number of hydrogen-bond acceptors (Lipinski definition) is 4.